The van der Waals surface area contributed by atoms with Crippen molar-refractivity contribution >= 4 is 66.0 Å². The van der Waals surface area contributed by atoms with Crippen LogP contribution in [0.2, 0.25) is 5.02 Å². The van der Waals surface area contributed by atoms with Crippen LogP contribution in [0.15, 0.2) is 51.3 Å². The zero-order chi connectivity index (χ0) is 27.5. The number of nitrogens with zero attached hydrogens (tertiary/aromatic N) is 4. The van der Waals surface area contributed by atoms with Gasteiger partial charge in [-0.25, -0.2) is 26.1 Å². The van der Waals surface area contributed by atoms with E-state index in [1.54, 1.807) is 32.0 Å². The fourth-order valence-corrected chi connectivity index (χ4v) is 7.11. The zero-order valence-corrected chi connectivity index (χ0v) is 24.4. The van der Waals surface area contributed by atoms with Gasteiger partial charge in [-0.05, 0) is 43.3 Å². The van der Waals surface area contributed by atoms with Gasteiger partial charge < -0.3 is 9.88 Å². The Labute approximate surface area is 227 Å². The Balaban J connectivity index is 1.82. The second-order valence-corrected chi connectivity index (χ2v) is 13.6. The summed E-state index contributed by atoms with van der Waals surface area (Å²) in [6.45, 7) is 6.81. The summed E-state index contributed by atoms with van der Waals surface area (Å²) in [6.07, 6.45) is 0. The van der Waals surface area contributed by atoms with Gasteiger partial charge in [0.2, 0.25) is 26.0 Å². The Bertz CT molecular complexity index is 1520. The second-order valence-electron chi connectivity index (χ2n) is 8.14. The highest BCUT2D eigenvalue weighted by Crippen LogP contribution is 2.29. The van der Waals surface area contributed by atoms with Crippen molar-refractivity contribution in [1.82, 2.24) is 18.2 Å². The number of carbonyl (C=O) groups is 1. The molecule has 0 saturated carbocycles. The number of hydrogen-bond donors (Lipinski definition) is 1. The number of thioether (sulfide) groups is 1. The molecule has 1 amide bonds. The van der Waals surface area contributed by atoms with Crippen molar-refractivity contribution < 1.29 is 21.6 Å². The molecule has 0 bridgehead atoms. The molecule has 1 N–H and O–H groups in total. The summed E-state index contributed by atoms with van der Waals surface area (Å²) in [5, 5.41) is 3.42. The number of fused-ring (bicyclic) bond motifs is 1. The summed E-state index contributed by atoms with van der Waals surface area (Å²) in [4.78, 5) is 17.5. The van der Waals surface area contributed by atoms with Gasteiger partial charge in [-0.15, -0.1) is 0 Å². The van der Waals surface area contributed by atoms with Crippen LogP contribution in [0.4, 0.5) is 5.69 Å². The van der Waals surface area contributed by atoms with E-state index in [4.69, 9.17) is 11.6 Å². The molecule has 3 aromatic rings. The Kier molecular flexibility index (Phi) is 9.30. The Morgan fingerprint density at radius 2 is 1.62 bits per heavy atom. The number of aromatic nitrogens is 2. The third-order valence-corrected chi connectivity index (χ3v) is 10.8. The molecule has 14 heteroatoms. The van der Waals surface area contributed by atoms with Crippen molar-refractivity contribution in [3.8, 4) is 0 Å². The Morgan fingerprint density at radius 1 is 1.00 bits per heavy atom. The maximum atomic E-state index is 12.9. The number of sulfonamides is 2. The van der Waals surface area contributed by atoms with Crippen molar-refractivity contribution in [3.05, 3.63) is 41.4 Å². The maximum Gasteiger partial charge on any atom is 0.243 e. The first kappa shape index (κ1) is 29.4. The third kappa shape index (κ3) is 6.13. The summed E-state index contributed by atoms with van der Waals surface area (Å²) in [6, 6.07) is 8.96. The van der Waals surface area contributed by atoms with Gasteiger partial charge in [0.15, 0.2) is 5.16 Å². The molecular weight excluding hydrogens is 558 g/mol. The third-order valence-electron chi connectivity index (χ3n) is 5.67. The van der Waals surface area contributed by atoms with Gasteiger partial charge in [0, 0.05) is 33.7 Å². The largest absolute Gasteiger partial charge is 0.324 e. The van der Waals surface area contributed by atoms with E-state index < -0.39 is 26.0 Å². The van der Waals surface area contributed by atoms with E-state index >= 15 is 0 Å². The SMILES string of the molecule is CCN(CC)S(=O)(=O)c1ccc2c(c1)nc(SCC(=O)Nc1cc(S(=O)(=O)N(C)C)ccc1Cl)n2CC. The van der Waals surface area contributed by atoms with Crippen LogP contribution in [0.1, 0.15) is 20.8 Å². The number of halogens is 1. The molecule has 37 heavy (non-hydrogen) atoms. The molecule has 3 rings (SSSR count). The van der Waals surface area contributed by atoms with Gasteiger partial charge in [-0.3, -0.25) is 4.79 Å². The number of anilines is 1. The molecule has 0 radical (unpaired) electrons. The maximum absolute atomic E-state index is 12.9. The Morgan fingerprint density at radius 3 is 2.22 bits per heavy atom. The van der Waals surface area contributed by atoms with Crippen molar-refractivity contribution in [2.24, 2.45) is 0 Å². The number of hydrogen-bond acceptors (Lipinski definition) is 7. The van der Waals surface area contributed by atoms with Crippen molar-refractivity contribution in [1.29, 1.82) is 0 Å². The van der Waals surface area contributed by atoms with Crippen LogP contribution in [0.25, 0.3) is 11.0 Å². The van der Waals surface area contributed by atoms with E-state index in [-0.39, 0.29) is 26.3 Å². The first-order chi connectivity index (χ1) is 17.4. The predicted molar refractivity (Wildman–Crippen MR) is 147 cm³/mol. The van der Waals surface area contributed by atoms with E-state index in [2.05, 4.69) is 10.3 Å². The smallest absolute Gasteiger partial charge is 0.243 e. The molecule has 0 unspecified atom stereocenters. The molecule has 0 atom stereocenters. The van der Waals surface area contributed by atoms with E-state index in [9.17, 15) is 21.6 Å². The fourth-order valence-electron chi connectivity index (χ4n) is 3.66. The van der Waals surface area contributed by atoms with E-state index in [1.807, 2.05) is 11.5 Å². The van der Waals surface area contributed by atoms with Gasteiger partial charge in [0.05, 0.1) is 37.3 Å². The number of benzene rings is 2. The van der Waals surface area contributed by atoms with Gasteiger partial charge in [-0.1, -0.05) is 37.2 Å². The quantitative estimate of drug-likeness (QED) is 0.339. The van der Waals surface area contributed by atoms with Crippen molar-refractivity contribution in [2.75, 3.05) is 38.3 Å². The highest BCUT2D eigenvalue weighted by atomic mass is 35.5. The van der Waals surface area contributed by atoms with Crippen LogP contribution >= 0.6 is 23.4 Å². The lowest BCUT2D eigenvalue weighted by Crippen LogP contribution is -2.30. The molecule has 0 aliphatic heterocycles. The van der Waals surface area contributed by atoms with E-state index in [1.165, 1.54) is 48.4 Å². The minimum absolute atomic E-state index is 0.00750. The minimum atomic E-state index is -3.70. The first-order valence-electron chi connectivity index (χ1n) is 11.5. The highest BCUT2D eigenvalue weighted by Gasteiger charge is 2.23. The summed E-state index contributed by atoms with van der Waals surface area (Å²) in [5.74, 6) is -0.416. The monoisotopic (exact) mass is 587 g/mol. The van der Waals surface area contributed by atoms with Crippen LogP contribution < -0.4 is 5.32 Å². The fraction of sp³-hybridized carbons (Fsp3) is 0.391. The molecule has 0 saturated heterocycles. The lowest BCUT2D eigenvalue weighted by Gasteiger charge is -2.18. The minimum Gasteiger partial charge on any atom is -0.324 e. The van der Waals surface area contributed by atoms with Gasteiger partial charge in [0.1, 0.15) is 0 Å². The topological polar surface area (TPSA) is 122 Å². The van der Waals surface area contributed by atoms with E-state index in [0.717, 1.165) is 9.82 Å². The summed E-state index contributed by atoms with van der Waals surface area (Å²) >= 11 is 7.37. The molecule has 1 heterocycles. The van der Waals surface area contributed by atoms with Gasteiger partial charge >= 0.3 is 0 Å². The lowest BCUT2D eigenvalue weighted by atomic mass is 10.3. The summed E-state index contributed by atoms with van der Waals surface area (Å²) < 4.78 is 55.0. The number of imidazole rings is 1. The van der Waals surface area contributed by atoms with E-state index in [0.29, 0.717) is 30.3 Å². The Hall–Kier alpha value is -2.16. The normalized spacial score (nSPS) is 12.5. The molecule has 10 nitrogen and oxygen atoms in total. The van der Waals surface area contributed by atoms with Crippen LogP contribution in [-0.2, 0) is 31.4 Å². The van der Waals surface area contributed by atoms with Crippen LogP contribution in [0.5, 0.6) is 0 Å². The zero-order valence-electron chi connectivity index (χ0n) is 21.2. The van der Waals surface area contributed by atoms with Crippen LogP contribution in [-0.4, -0.2) is 73.8 Å². The first-order valence-corrected chi connectivity index (χ1v) is 15.8. The van der Waals surface area contributed by atoms with Crippen molar-refractivity contribution in [3.63, 3.8) is 0 Å². The number of rotatable bonds is 11. The molecule has 0 spiro atoms. The number of carbonyl (C=O) groups excluding carboxylic acids is 1. The summed E-state index contributed by atoms with van der Waals surface area (Å²) in [7, 11) is -4.49. The number of nitrogens with one attached hydrogen (secondary N) is 1. The molecule has 1 aromatic heterocycles. The van der Waals surface area contributed by atoms with Crippen LogP contribution in [0, 0.1) is 0 Å². The predicted octanol–water partition coefficient (Wildman–Crippen LogP) is 3.72. The average molecular weight is 588 g/mol. The molecule has 0 aliphatic rings. The molecular formula is C23H30ClN5O5S3. The average Bonchev–Trinajstić information content (AvgIpc) is 3.21. The van der Waals surface area contributed by atoms with Gasteiger partial charge in [-0.2, -0.15) is 4.31 Å². The molecule has 0 aliphatic carbocycles. The summed E-state index contributed by atoms with van der Waals surface area (Å²) in [5.41, 5.74) is 1.46. The lowest BCUT2D eigenvalue weighted by molar-refractivity contribution is -0.113. The van der Waals surface area contributed by atoms with Crippen molar-refractivity contribution in [2.45, 2.75) is 42.3 Å². The second kappa shape index (κ2) is 11.7. The highest BCUT2D eigenvalue weighted by molar-refractivity contribution is 7.99. The molecule has 202 valence electrons. The molecule has 0 fully saturated rings. The standard InChI is InChI=1S/C23H30ClN5O5S3/c1-6-28(7-2)37(33,34)17-10-12-21-20(14-17)26-23(29(21)8-3)35-15-22(30)25-19-13-16(9-11-18(19)24)36(31,32)27(4)5/h9-14H,6-8,15H2,1-5H3,(H,25,30). The molecule has 2 aromatic carbocycles. The van der Waals surface area contributed by atoms with Gasteiger partial charge in [0.25, 0.3) is 0 Å². The number of amides is 1. The number of aryl methyl sites for hydroxylation is 1. The van der Waals surface area contributed by atoms with Crippen LogP contribution in [0.3, 0.4) is 0 Å².